The lowest BCUT2D eigenvalue weighted by atomic mass is 9.67. The number of aliphatic carboxylic acids is 1. The van der Waals surface area contributed by atoms with E-state index in [2.05, 4.69) is 5.32 Å². The van der Waals surface area contributed by atoms with Crippen LogP contribution in [0, 0.1) is 11.2 Å². The zero-order valence-electron chi connectivity index (χ0n) is 14.0. The van der Waals surface area contributed by atoms with Crippen molar-refractivity contribution in [3.63, 3.8) is 0 Å². The fourth-order valence-electron chi connectivity index (χ4n) is 3.35. The molecule has 1 aromatic carbocycles. The summed E-state index contributed by atoms with van der Waals surface area (Å²) in [5.41, 5.74) is 1.64. The van der Waals surface area contributed by atoms with Crippen LogP contribution in [-0.2, 0) is 14.4 Å². The van der Waals surface area contributed by atoms with Gasteiger partial charge < -0.3 is 10.4 Å². The molecule has 0 atom stereocenters. The van der Waals surface area contributed by atoms with E-state index in [1.165, 1.54) is 12.1 Å². The number of carbonyl (C=O) groups is 3. The van der Waals surface area contributed by atoms with Gasteiger partial charge in [0.05, 0.1) is 11.1 Å². The van der Waals surface area contributed by atoms with E-state index in [4.69, 9.17) is 5.84 Å². The molecular formula is C17H22FN3O4. The molecule has 0 radical (unpaired) electrons. The van der Waals surface area contributed by atoms with Gasteiger partial charge in [-0.2, -0.15) is 0 Å². The Morgan fingerprint density at radius 1 is 1.28 bits per heavy atom. The third-order valence-electron chi connectivity index (χ3n) is 5.12. The average Bonchev–Trinajstić information content (AvgIpc) is 2.62. The molecule has 136 valence electrons. The van der Waals surface area contributed by atoms with Crippen LogP contribution in [0.25, 0.3) is 0 Å². The highest BCUT2D eigenvalue weighted by atomic mass is 19.1. The second-order valence-electron chi connectivity index (χ2n) is 6.38. The Morgan fingerprint density at radius 3 is 2.40 bits per heavy atom. The largest absolute Gasteiger partial charge is 0.481 e. The first-order valence-corrected chi connectivity index (χ1v) is 8.17. The Morgan fingerprint density at radius 2 is 1.92 bits per heavy atom. The van der Waals surface area contributed by atoms with Crippen LogP contribution in [0.1, 0.15) is 50.5 Å². The summed E-state index contributed by atoms with van der Waals surface area (Å²) in [5, 5.41) is 11.6. The Hall–Kier alpha value is -2.48. The zero-order valence-corrected chi connectivity index (χ0v) is 14.0. The Balaban J connectivity index is 2.08. The van der Waals surface area contributed by atoms with Crippen molar-refractivity contribution in [2.24, 2.45) is 11.3 Å². The van der Waals surface area contributed by atoms with Crippen LogP contribution in [-0.4, -0.2) is 22.9 Å². The second kappa shape index (κ2) is 7.60. The number of carbonyl (C=O) groups excluding carboxylic acids is 2. The molecule has 1 saturated carbocycles. The number of halogens is 1. The van der Waals surface area contributed by atoms with Gasteiger partial charge in [-0.3, -0.25) is 19.8 Å². The van der Waals surface area contributed by atoms with E-state index in [-0.39, 0.29) is 11.6 Å². The number of amides is 2. The Labute approximate surface area is 144 Å². The summed E-state index contributed by atoms with van der Waals surface area (Å²) in [6.07, 6.45) is 3.03. The van der Waals surface area contributed by atoms with E-state index < -0.39 is 29.0 Å². The van der Waals surface area contributed by atoms with Crippen LogP contribution < -0.4 is 16.6 Å². The third kappa shape index (κ3) is 3.96. The molecular weight excluding hydrogens is 329 g/mol. The van der Waals surface area contributed by atoms with Crippen LogP contribution >= 0.6 is 0 Å². The first-order valence-electron chi connectivity index (χ1n) is 8.17. The summed E-state index contributed by atoms with van der Waals surface area (Å²) in [4.78, 5) is 34.0. The van der Waals surface area contributed by atoms with Gasteiger partial charge in [0.15, 0.2) is 0 Å². The van der Waals surface area contributed by atoms with Crippen molar-refractivity contribution >= 4 is 23.5 Å². The first-order chi connectivity index (χ1) is 11.8. The van der Waals surface area contributed by atoms with Crippen LogP contribution in [0.5, 0.6) is 0 Å². The molecule has 0 heterocycles. The van der Waals surface area contributed by atoms with E-state index in [1.54, 1.807) is 11.5 Å². The van der Waals surface area contributed by atoms with Crippen molar-refractivity contribution in [1.29, 1.82) is 0 Å². The highest BCUT2D eigenvalue weighted by Crippen LogP contribution is 2.45. The van der Waals surface area contributed by atoms with Crippen molar-refractivity contribution in [3.8, 4) is 0 Å². The number of carboxylic acid groups (broad SMARTS) is 1. The third-order valence-corrected chi connectivity index (χ3v) is 5.12. The van der Waals surface area contributed by atoms with Crippen LogP contribution in [0.3, 0.4) is 0 Å². The van der Waals surface area contributed by atoms with Crippen molar-refractivity contribution in [2.45, 2.75) is 44.9 Å². The van der Waals surface area contributed by atoms with Crippen LogP contribution in [0.2, 0.25) is 0 Å². The topological polar surface area (TPSA) is 122 Å². The van der Waals surface area contributed by atoms with Gasteiger partial charge in [0.1, 0.15) is 5.82 Å². The number of hydrogen-bond acceptors (Lipinski definition) is 4. The molecule has 1 fully saturated rings. The summed E-state index contributed by atoms with van der Waals surface area (Å²) >= 11 is 0. The van der Waals surface area contributed by atoms with Gasteiger partial charge in [-0.1, -0.05) is 13.0 Å². The molecule has 25 heavy (non-hydrogen) atoms. The summed E-state index contributed by atoms with van der Waals surface area (Å²) in [7, 11) is 0. The normalized spacial score (nSPS) is 22.9. The minimum atomic E-state index is -1.07. The number of hydrazine groups is 1. The molecule has 1 aliphatic rings. The molecule has 0 saturated heterocycles. The van der Waals surface area contributed by atoms with Gasteiger partial charge in [0.2, 0.25) is 0 Å². The quantitative estimate of drug-likeness (QED) is 0.286. The fourth-order valence-corrected chi connectivity index (χ4v) is 3.35. The number of hydrogen-bond donors (Lipinski definition) is 4. The van der Waals surface area contributed by atoms with Crippen molar-refractivity contribution in [2.75, 3.05) is 5.32 Å². The van der Waals surface area contributed by atoms with Crippen molar-refractivity contribution in [1.82, 2.24) is 5.43 Å². The predicted molar refractivity (Wildman–Crippen MR) is 88.9 cm³/mol. The van der Waals surface area contributed by atoms with E-state index in [0.29, 0.717) is 32.1 Å². The fraction of sp³-hybridized carbons (Fsp3) is 0.471. The highest BCUT2D eigenvalue weighted by Gasteiger charge is 2.40. The second-order valence-corrected chi connectivity index (χ2v) is 6.38. The molecule has 0 spiro atoms. The van der Waals surface area contributed by atoms with Crippen molar-refractivity contribution in [3.05, 3.63) is 29.6 Å². The van der Waals surface area contributed by atoms with Gasteiger partial charge in [-0.15, -0.1) is 0 Å². The lowest BCUT2D eigenvalue weighted by Crippen LogP contribution is -2.39. The SMILES string of the molecule is CCC1(C(=O)O)CCC(c2ccc(NC(=O)C(=O)NN)c(F)c2)CC1. The average molecular weight is 351 g/mol. The molecule has 0 bridgehead atoms. The number of nitrogens with one attached hydrogen (secondary N) is 2. The molecule has 7 nitrogen and oxygen atoms in total. The smallest absolute Gasteiger partial charge is 0.323 e. The van der Waals surface area contributed by atoms with Gasteiger partial charge in [0.25, 0.3) is 0 Å². The minimum Gasteiger partial charge on any atom is -0.481 e. The van der Waals surface area contributed by atoms with Gasteiger partial charge >= 0.3 is 17.8 Å². The molecule has 2 rings (SSSR count). The maximum absolute atomic E-state index is 14.2. The molecule has 0 aliphatic heterocycles. The lowest BCUT2D eigenvalue weighted by molar-refractivity contribution is -0.151. The maximum Gasteiger partial charge on any atom is 0.323 e. The number of carboxylic acids is 1. The number of rotatable bonds is 4. The van der Waals surface area contributed by atoms with Crippen LogP contribution in [0.15, 0.2) is 18.2 Å². The molecule has 5 N–H and O–H groups in total. The van der Waals surface area contributed by atoms with E-state index in [0.717, 1.165) is 5.56 Å². The molecule has 1 aromatic rings. The van der Waals surface area contributed by atoms with Gasteiger partial charge in [0, 0.05) is 0 Å². The number of nitrogens with two attached hydrogens (primary N) is 1. The van der Waals surface area contributed by atoms with E-state index >= 15 is 0 Å². The summed E-state index contributed by atoms with van der Waals surface area (Å²) in [5.74, 6) is 1.38. The summed E-state index contributed by atoms with van der Waals surface area (Å²) < 4.78 is 14.2. The van der Waals surface area contributed by atoms with E-state index in [9.17, 15) is 23.9 Å². The Bertz CT molecular complexity index is 684. The number of anilines is 1. The molecule has 8 heteroatoms. The minimum absolute atomic E-state index is 0.0746. The number of benzene rings is 1. The monoisotopic (exact) mass is 351 g/mol. The van der Waals surface area contributed by atoms with Gasteiger partial charge in [-0.25, -0.2) is 10.2 Å². The van der Waals surface area contributed by atoms with E-state index in [1.807, 2.05) is 6.92 Å². The summed E-state index contributed by atoms with van der Waals surface area (Å²) in [6, 6.07) is 4.40. The molecule has 0 unspecified atom stereocenters. The molecule has 0 aromatic heterocycles. The van der Waals surface area contributed by atoms with Crippen LogP contribution in [0.4, 0.5) is 10.1 Å². The Kier molecular flexibility index (Phi) is 5.73. The standard InChI is InChI=1S/C17H22FN3O4/c1-2-17(16(24)25)7-5-10(6-8-17)11-3-4-13(12(18)9-11)20-14(22)15(23)21-19/h3-4,9-10H,2,5-8,19H2,1H3,(H,20,22)(H,21,23)(H,24,25). The zero-order chi connectivity index (χ0) is 18.6. The van der Waals surface area contributed by atoms with Crippen molar-refractivity contribution < 1.29 is 23.9 Å². The van der Waals surface area contributed by atoms with Gasteiger partial charge in [-0.05, 0) is 55.7 Å². The maximum atomic E-state index is 14.2. The summed E-state index contributed by atoms with van der Waals surface area (Å²) in [6.45, 7) is 1.88. The highest BCUT2D eigenvalue weighted by molar-refractivity contribution is 6.39. The predicted octanol–water partition coefficient (Wildman–Crippen LogP) is 1.89. The molecule has 1 aliphatic carbocycles. The molecule has 2 amide bonds. The lowest BCUT2D eigenvalue weighted by Gasteiger charge is -2.36. The first kappa shape index (κ1) is 18.9.